The maximum Gasteiger partial charge on any atom is 0.240 e. The van der Waals surface area contributed by atoms with Crippen LogP contribution in [0.2, 0.25) is 0 Å². The molecule has 3 aromatic rings. The number of nitrogens with one attached hydrogen (secondary N) is 1. The van der Waals surface area contributed by atoms with Gasteiger partial charge in [0.05, 0.1) is 6.04 Å². The lowest BCUT2D eigenvalue weighted by atomic mass is 10.0. The first-order chi connectivity index (χ1) is 12.1. The van der Waals surface area contributed by atoms with Gasteiger partial charge in [0.2, 0.25) is 5.91 Å². The van der Waals surface area contributed by atoms with Gasteiger partial charge < -0.3 is 15.6 Å². The molecule has 3 rings (SSSR count). The number of hydrogen-bond donors (Lipinski definition) is 2. The van der Waals surface area contributed by atoms with E-state index >= 15 is 0 Å². The smallest absolute Gasteiger partial charge is 0.240 e. The topological polar surface area (TPSA) is 62.1 Å². The number of carbonyl (C=O) groups excluding carboxylic acids is 1. The molecule has 1 atom stereocenters. The first-order valence-electron chi connectivity index (χ1n) is 8.42. The number of para-hydroxylation sites is 1. The van der Waals surface area contributed by atoms with Crippen LogP contribution in [-0.4, -0.2) is 28.4 Å². The van der Waals surface area contributed by atoms with E-state index in [1.807, 2.05) is 43.5 Å². The van der Waals surface area contributed by atoms with Crippen molar-refractivity contribution < 1.29 is 9.18 Å². The van der Waals surface area contributed by atoms with E-state index in [-0.39, 0.29) is 24.1 Å². The molecule has 1 amide bonds. The molecule has 0 aliphatic heterocycles. The number of halogens is 2. The number of nitrogens with two attached hydrogens (primary N) is 1. The summed E-state index contributed by atoms with van der Waals surface area (Å²) in [4.78, 5) is 17.6. The van der Waals surface area contributed by atoms with Crippen LogP contribution in [0.25, 0.3) is 10.9 Å². The van der Waals surface area contributed by atoms with Gasteiger partial charge in [-0.25, -0.2) is 4.39 Å². The van der Waals surface area contributed by atoms with Crippen LogP contribution < -0.4 is 5.73 Å². The molecule has 0 saturated heterocycles. The molecule has 0 unspecified atom stereocenters. The normalized spacial score (nSPS) is 11.8. The summed E-state index contributed by atoms with van der Waals surface area (Å²) in [7, 11) is 0. The Bertz CT molecular complexity index is 880. The summed E-state index contributed by atoms with van der Waals surface area (Å²) in [5, 5.41) is 1.08. The van der Waals surface area contributed by atoms with E-state index in [4.69, 9.17) is 5.73 Å². The maximum atomic E-state index is 13.3. The molecule has 6 heteroatoms. The van der Waals surface area contributed by atoms with Crippen molar-refractivity contribution in [2.45, 2.75) is 25.9 Å². The molecule has 138 valence electrons. The lowest BCUT2D eigenvalue weighted by molar-refractivity contribution is -0.133. The highest BCUT2D eigenvalue weighted by Crippen LogP contribution is 2.19. The molecule has 1 aromatic heterocycles. The van der Waals surface area contributed by atoms with Crippen LogP contribution in [0, 0.1) is 5.82 Å². The largest absolute Gasteiger partial charge is 0.361 e. The van der Waals surface area contributed by atoms with Gasteiger partial charge in [-0.2, -0.15) is 0 Å². The predicted octanol–water partition coefficient (Wildman–Crippen LogP) is 3.65. The summed E-state index contributed by atoms with van der Waals surface area (Å²) < 4.78 is 13.3. The monoisotopic (exact) mass is 375 g/mol. The van der Waals surface area contributed by atoms with Crippen molar-refractivity contribution in [2.24, 2.45) is 5.73 Å². The molecule has 4 nitrogen and oxygen atoms in total. The Morgan fingerprint density at radius 2 is 2.00 bits per heavy atom. The lowest BCUT2D eigenvalue weighted by Crippen LogP contribution is -2.44. The fourth-order valence-electron chi connectivity index (χ4n) is 3.06. The number of hydrogen-bond acceptors (Lipinski definition) is 2. The SMILES string of the molecule is CCN(Cc1cccc(F)c1)C(=O)[C@@H](N)Cc1c[nH]c2ccccc12.Cl. The highest BCUT2D eigenvalue weighted by Gasteiger charge is 2.21. The third-order valence-corrected chi connectivity index (χ3v) is 4.39. The Kier molecular flexibility index (Phi) is 6.77. The summed E-state index contributed by atoms with van der Waals surface area (Å²) in [6, 6.07) is 13.6. The lowest BCUT2D eigenvalue weighted by Gasteiger charge is -2.24. The van der Waals surface area contributed by atoms with E-state index in [0.29, 0.717) is 19.5 Å². The highest BCUT2D eigenvalue weighted by atomic mass is 35.5. The van der Waals surface area contributed by atoms with Gasteiger partial charge in [-0.15, -0.1) is 12.4 Å². The van der Waals surface area contributed by atoms with Crippen molar-refractivity contribution in [3.63, 3.8) is 0 Å². The second-order valence-corrected chi connectivity index (χ2v) is 6.15. The van der Waals surface area contributed by atoms with Crippen molar-refractivity contribution >= 4 is 29.2 Å². The van der Waals surface area contributed by atoms with Crippen LogP contribution in [0.15, 0.2) is 54.7 Å². The van der Waals surface area contributed by atoms with Crippen LogP contribution in [0.1, 0.15) is 18.1 Å². The summed E-state index contributed by atoms with van der Waals surface area (Å²) in [6.45, 7) is 2.78. The molecule has 1 heterocycles. The van der Waals surface area contributed by atoms with E-state index in [9.17, 15) is 9.18 Å². The van der Waals surface area contributed by atoms with Gasteiger partial charge in [-0.1, -0.05) is 30.3 Å². The summed E-state index contributed by atoms with van der Waals surface area (Å²) in [6.07, 6.45) is 2.36. The van der Waals surface area contributed by atoms with Crippen molar-refractivity contribution in [1.29, 1.82) is 0 Å². The standard InChI is InChI=1S/C20H22FN3O.ClH/c1-2-24(13-14-6-5-7-16(21)10-14)20(25)18(22)11-15-12-23-19-9-4-3-8-17(15)19;/h3-10,12,18,23H,2,11,13,22H2,1H3;1H/t18-;/m0./s1. The molecule has 0 bridgehead atoms. The zero-order valence-corrected chi connectivity index (χ0v) is 15.4. The first kappa shape index (κ1) is 19.9. The van der Waals surface area contributed by atoms with Crippen molar-refractivity contribution in [2.75, 3.05) is 6.54 Å². The van der Waals surface area contributed by atoms with Gasteiger partial charge in [0, 0.05) is 30.2 Å². The minimum Gasteiger partial charge on any atom is -0.361 e. The number of nitrogens with zero attached hydrogens (tertiary/aromatic N) is 1. The van der Waals surface area contributed by atoms with E-state index in [1.54, 1.807) is 11.0 Å². The van der Waals surface area contributed by atoms with E-state index in [0.717, 1.165) is 22.0 Å². The number of amides is 1. The quantitative estimate of drug-likeness (QED) is 0.690. The molecule has 0 spiro atoms. The van der Waals surface area contributed by atoms with Crippen molar-refractivity contribution in [1.82, 2.24) is 9.88 Å². The van der Waals surface area contributed by atoms with Crippen molar-refractivity contribution in [3.8, 4) is 0 Å². The minimum atomic E-state index is -0.632. The molecule has 0 radical (unpaired) electrons. The van der Waals surface area contributed by atoms with E-state index in [2.05, 4.69) is 4.98 Å². The zero-order chi connectivity index (χ0) is 17.8. The third-order valence-electron chi connectivity index (χ3n) is 4.39. The minimum absolute atomic E-state index is 0. The molecule has 0 fully saturated rings. The molecule has 3 N–H and O–H groups in total. The molecular formula is C20H23ClFN3O. The Labute approximate surface area is 158 Å². The second-order valence-electron chi connectivity index (χ2n) is 6.15. The number of likely N-dealkylation sites (N-methyl/N-ethyl adjacent to an activating group) is 1. The average Bonchev–Trinajstić information content (AvgIpc) is 3.02. The number of benzene rings is 2. The van der Waals surface area contributed by atoms with Crippen LogP contribution in [-0.2, 0) is 17.8 Å². The number of carbonyl (C=O) groups is 1. The molecule has 0 aliphatic carbocycles. The maximum absolute atomic E-state index is 13.3. The van der Waals surface area contributed by atoms with Gasteiger partial charge in [0.25, 0.3) is 0 Å². The van der Waals surface area contributed by atoms with Crippen LogP contribution in [0.3, 0.4) is 0 Å². The third kappa shape index (κ3) is 4.42. The Balaban J connectivity index is 0.00000243. The van der Waals surface area contributed by atoms with Gasteiger partial charge in [0.15, 0.2) is 0 Å². The highest BCUT2D eigenvalue weighted by molar-refractivity contribution is 5.86. The number of aromatic amines is 1. The van der Waals surface area contributed by atoms with Gasteiger partial charge in [0.1, 0.15) is 5.82 Å². The summed E-state index contributed by atoms with van der Waals surface area (Å²) in [5.41, 5.74) is 9.00. The number of fused-ring (bicyclic) bond motifs is 1. The molecule has 26 heavy (non-hydrogen) atoms. The zero-order valence-electron chi connectivity index (χ0n) is 14.6. The van der Waals surface area contributed by atoms with Crippen molar-refractivity contribution in [3.05, 3.63) is 71.7 Å². The number of aromatic nitrogens is 1. The summed E-state index contributed by atoms with van der Waals surface area (Å²) in [5.74, 6) is -0.430. The predicted molar refractivity (Wildman–Crippen MR) is 105 cm³/mol. The van der Waals surface area contributed by atoms with Crippen LogP contribution >= 0.6 is 12.4 Å². The number of rotatable bonds is 6. The fourth-order valence-corrected chi connectivity index (χ4v) is 3.06. The Hall–Kier alpha value is -2.37. The fraction of sp³-hybridized carbons (Fsp3) is 0.250. The molecule has 2 aromatic carbocycles. The Morgan fingerprint density at radius 3 is 2.73 bits per heavy atom. The summed E-state index contributed by atoms with van der Waals surface area (Å²) >= 11 is 0. The van der Waals surface area contributed by atoms with Gasteiger partial charge >= 0.3 is 0 Å². The van der Waals surface area contributed by atoms with Crippen LogP contribution in [0.4, 0.5) is 4.39 Å². The molecule has 0 aliphatic rings. The van der Waals surface area contributed by atoms with E-state index in [1.165, 1.54) is 12.1 Å². The number of H-pyrrole nitrogens is 1. The molecular weight excluding hydrogens is 353 g/mol. The Morgan fingerprint density at radius 1 is 1.23 bits per heavy atom. The van der Waals surface area contributed by atoms with Gasteiger partial charge in [-0.3, -0.25) is 4.79 Å². The van der Waals surface area contributed by atoms with Gasteiger partial charge in [-0.05, 0) is 42.7 Å². The van der Waals surface area contributed by atoms with E-state index < -0.39 is 6.04 Å². The van der Waals surface area contributed by atoms with Crippen LogP contribution in [0.5, 0.6) is 0 Å². The first-order valence-corrected chi connectivity index (χ1v) is 8.42. The molecule has 0 saturated carbocycles. The second kappa shape index (κ2) is 8.83. The average molecular weight is 376 g/mol.